The van der Waals surface area contributed by atoms with E-state index in [-0.39, 0.29) is 0 Å². The molecule has 0 unspecified atom stereocenters. The smallest absolute Gasteiger partial charge is 0.261 e. The van der Waals surface area contributed by atoms with Crippen molar-refractivity contribution in [3.8, 4) is 5.88 Å². The molecule has 0 aliphatic rings. The Hall–Kier alpha value is -1.91. The third-order valence-corrected chi connectivity index (χ3v) is 2.07. The number of benzene rings is 1. The molecule has 2 aromatic rings. The fraction of sp³-hybridized carbons (Fsp3) is 0.222. The first-order chi connectivity index (χ1) is 6.76. The van der Waals surface area contributed by atoms with Gasteiger partial charge in [-0.25, -0.2) is 0 Å². The highest BCUT2D eigenvalue weighted by Gasteiger charge is 2.10. The van der Waals surface area contributed by atoms with Gasteiger partial charge in [-0.15, -0.1) is 0 Å². The molecule has 0 aliphatic carbocycles. The summed E-state index contributed by atoms with van der Waals surface area (Å²) in [6.45, 7) is 0. The Morgan fingerprint density at radius 3 is 2.93 bits per heavy atom. The fourth-order valence-electron chi connectivity index (χ4n) is 1.34. The van der Waals surface area contributed by atoms with Crippen molar-refractivity contribution in [3.63, 3.8) is 0 Å². The molecule has 0 spiro atoms. The van der Waals surface area contributed by atoms with E-state index in [0.29, 0.717) is 17.2 Å². The van der Waals surface area contributed by atoms with Gasteiger partial charge in [0.05, 0.1) is 23.9 Å². The zero-order valence-electron chi connectivity index (χ0n) is 8.00. The van der Waals surface area contributed by atoms with Crippen molar-refractivity contribution in [1.82, 2.24) is 5.16 Å². The monoisotopic (exact) mass is 193 g/mol. The van der Waals surface area contributed by atoms with E-state index in [1.54, 1.807) is 26.3 Å². The highest BCUT2D eigenvalue weighted by molar-refractivity contribution is 5.90. The maximum Gasteiger partial charge on any atom is 0.261 e. The van der Waals surface area contributed by atoms with Gasteiger partial charge in [-0.2, -0.15) is 0 Å². The molecule has 3 N–H and O–H groups in total. The minimum Gasteiger partial charge on any atom is -0.478 e. The maximum atomic E-state index is 5.79. The highest BCUT2D eigenvalue weighted by atomic mass is 16.5. The van der Waals surface area contributed by atoms with Crippen LogP contribution in [0.1, 0.15) is 0 Å². The van der Waals surface area contributed by atoms with Crippen molar-refractivity contribution in [1.29, 1.82) is 0 Å². The molecule has 1 aromatic carbocycles. The van der Waals surface area contributed by atoms with Crippen LogP contribution in [0, 0.1) is 0 Å². The zero-order chi connectivity index (χ0) is 10.1. The number of nitrogen functional groups attached to an aromatic ring is 1. The van der Waals surface area contributed by atoms with Gasteiger partial charge in [0.15, 0.2) is 5.58 Å². The van der Waals surface area contributed by atoms with Gasteiger partial charge in [-0.05, 0) is 11.2 Å². The summed E-state index contributed by atoms with van der Waals surface area (Å²) in [5.74, 6) is 0.453. The molecule has 2 rings (SSSR count). The number of ether oxygens (including phenoxy) is 1. The van der Waals surface area contributed by atoms with Crippen molar-refractivity contribution in [2.45, 2.75) is 0 Å². The first-order valence-corrected chi connectivity index (χ1v) is 4.17. The molecule has 1 heterocycles. The molecule has 5 heteroatoms. The van der Waals surface area contributed by atoms with E-state index in [4.69, 9.17) is 15.0 Å². The van der Waals surface area contributed by atoms with Gasteiger partial charge >= 0.3 is 0 Å². The Morgan fingerprint density at radius 2 is 2.29 bits per heavy atom. The summed E-state index contributed by atoms with van der Waals surface area (Å²) in [6.07, 6.45) is 0. The molecule has 14 heavy (non-hydrogen) atoms. The summed E-state index contributed by atoms with van der Waals surface area (Å²) in [5.41, 5.74) is 7.90. The molecule has 0 saturated heterocycles. The number of nitrogens with zero attached hydrogens (tertiary/aromatic N) is 1. The molecule has 0 fully saturated rings. The maximum absolute atomic E-state index is 5.79. The van der Waals surface area contributed by atoms with E-state index in [1.165, 1.54) is 0 Å². The molecular weight excluding hydrogens is 182 g/mol. The standard InChI is InChI=1S/C9H11N3O2/c1-11-7-4-8-5(3-6(7)10)9(13-2)12-14-8/h3-4,11H,10H2,1-2H3. The summed E-state index contributed by atoms with van der Waals surface area (Å²) < 4.78 is 10.1. The molecule has 0 atom stereocenters. The number of anilines is 2. The van der Waals surface area contributed by atoms with Crippen LogP contribution in [0.25, 0.3) is 11.0 Å². The molecule has 5 nitrogen and oxygen atoms in total. The average Bonchev–Trinajstić information content (AvgIpc) is 2.58. The Kier molecular flexibility index (Phi) is 1.92. The van der Waals surface area contributed by atoms with Crippen LogP contribution in [-0.4, -0.2) is 19.3 Å². The van der Waals surface area contributed by atoms with Crippen LogP contribution in [-0.2, 0) is 0 Å². The number of nitrogens with two attached hydrogens (primary N) is 1. The number of aromatic nitrogens is 1. The first-order valence-electron chi connectivity index (χ1n) is 4.17. The van der Waals surface area contributed by atoms with Gasteiger partial charge in [0.25, 0.3) is 5.88 Å². The van der Waals surface area contributed by atoms with E-state index in [9.17, 15) is 0 Å². The van der Waals surface area contributed by atoms with E-state index in [2.05, 4.69) is 10.5 Å². The van der Waals surface area contributed by atoms with Crippen LogP contribution in [0.2, 0.25) is 0 Å². The molecule has 1 aromatic heterocycles. The van der Waals surface area contributed by atoms with Crippen molar-refractivity contribution in [2.24, 2.45) is 0 Å². The minimum absolute atomic E-state index is 0.453. The average molecular weight is 193 g/mol. The molecule has 0 aliphatic heterocycles. The zero-order valence-corrected chi connectivity index (χ0v) is 8.00. The molecule has 74 valence electrons. The molecule has 0 radical (unpaired) electrons. The third-order valence-electron chi connectivity index (χ3n) is 2.07. The summed E-state index contributed by atoms with van der Waals surface area (Å²) in [4.78, 5) is 0. The third kappa shape index (κ3) is 1.14. The van der Waals surface area contributed by atoms with Crippen LogP contribution in [0.4, 0.5) is 11.4 Å². The van der Waals surface area contributed by atoms with Crippen LogP contribution < -0.4 is 15.8 Å². The molecular formula is C9H11N3O2. The van der Waals surface area contributed by atoms with Crippen LogP contribution >= 0.6 is 0 Å². The minimum atomic E-state index is 0.453. The Bertz CT molecular complexity index is 464. The Labute approximate surface area is 80.8 Å². The summed E-state index contributed by atoms with van der Waals surface area (Å²) >= 11 is 0. The van der Waals surface area contributed by atoms with Gasteiger partial charge in [0.1, 0.15) is 0 Å². The van der Waals surface area contributed by atoms with Gasteiger partial charge in [-0.1, -0.05) is 0 Å². The number of nitrogens with one attached hydrogen (secondary N) is 1. The Balaban J connectivity index is 2.69. The number of rotatable bonds is 2. The second-order valence-corrected chi connectivity index (χ2v) is 2.88. The quantitative estimate of drug-likeness (QED) is 0.706. The second kappa shape index (κ2) is 3.10. The van der Waals surface area contributed by atoms with E-state index in [0.717, 1.165) is 11.1 Å². The number of hydrogen-bond donors (Lipinski definition) is 2. The predicted octanol–water partition coefficient (Wildman–Crippen LogP) is 1.46. The molecule has 0 bridgehead atoms. The highest BCUT2D eigenvalue weighted by Crippen LogP contribution is 2.31. The number of methoxy groups -OCH3 is 1. The molecule has 0 saturated carbocycles. The second-order valence-electron chi connectivity index (χ2n) is 2.88. The fourth-order valence-corrected chi connectivity index (χ4v) is 1.34. The van der Waals surface area contributed by atoms with E-state index < -0.39 is 0 Å². The number of hydrogen-bond acceptors (Lipinski definition) is 5. The van der Waals surface area contributed by atoms with Gasteiger partial charge in [-0.3, -0.25) is 0 Å². The summed E-state index contributed by atoms with van der Waals surface area (Å²) in [7, 11) is 3.34. The van der Waals surface area contributed by atoms with Crippen molar-refractivity contribution in [2.75, 3.05) is 25.2 Å². The largest absolute Gasteiger partial charge is 0.478 e. The normalized spacial score (nSPS) is 10.4. The lowest BCUT2D eigenvalue weighted by Crippen LogP contribution is -1.95. The molecule has 0 amide bonds. The van der Waals surface area contributed by atoms with Crippen molar-refractivity contribution >= 4 is 22.3 Å². The lowest BCUT2D eigenvalue weighted by molar-refractivity contribution is 0.350. The SMILES string of the molecule is CNc1cc2onc(OC)c2cc1N. The van der Waals surface area contributed by atoms with Crippen LogP contribution in [0.15, 0.2) is 16.7 Å². The lowest BCUT2D eigenvalue weighted by atomic mass is 10.2. The summed E-state index contributed by atoms with van der Waals surface area (Å²) in [6, 6.07) is 3.57. The van der Waals surface area contributed by atoms with Crippen molar-refractivity contribution in [3.05, 3.63) is 12.1 Å². The Morgan fingerprint density at radius 1 is 1.50 bits per heavy atom. The van der Waals surface area contributed by atoms with Crippen LogP contribution in [0.5, 0.6) is 5.88 Å². The summed E-state index contributed by atoms with van der Waals surface area (Å²) in [5, 5.41) is 7.49. The first kappa shape index (κ1) is 8.68. The predicted molar refractivity (Wildman–Crippen MR) is 54.5 cm³/mol. The van der Waals surface area contributed by atoms with Gasteiger partial charge in [0.2, 0.25) is 0 Å². The topological polar surface area (TPSA) is 73.3 Å². The van der Waals surface area contributed by atoms with Crippen molar-refractivity contribution < 1.29 is 9.26 Å². The lowest BCUT2D eigenvalue weighted by Gasteiger charge is -2.03. The number of fused-ring (bicyclic) bond motifs is 1. The van der Waals surface area contributed by atoms with Crippen LogP contribution in [0.3, 0.4) is 0 Å². The van der Waals surface area contributed by atoms with Gasteiger partial charge in [0, 0.05) is 13.1 Å². The van der Waals surface area contributed by atoms with E-state index in [1.807, 2.05) is 0 Å². The van der Waals surface area contributed by atoms with Gasteiger partial charge < -0.3 is 20.3 Å². The van der Waals surface area contributed by atoms with E-state index >= 15 is 0 Å².